The number of aromatic nitrogens is 1. The second-order valence-electron chi connectivity index (χ2n) is 6.75. The van der Waals surface area contributed by atoms with Crippen molar-refractivity contribution < 1.29 is 13.9 Å². The molecule has 4 rings (SSSR count). The number of carbonyl (C=O) groups excluding carboxylic acids is 1. The minimum atomic E-state index is -0.249. The maximum atomic E-state index is 12.5. The Hall–Kier alpha value is -3.38. The highest BCUT2D eigenvalue weighted by Gasteiger charge is 2.13. The van der Waals surface area contributed by atoms with Gasteiger partial charge in [-0.15, -0.1) is 0 Å². The number of halogens is 1. The quantitative estimate of drug-likeness (QED) is 0.357. The number of methoxy groups -OCH3 is 1. The number of hydrogen-bond acceptors (Lipinski definition) is 4. The number of anilines is 1. The minimum absolute atomic E-state index is 0.249. The maximum absolute atomic E-state index is 12.5. The maximum Gasteiger partial charge on any atom is 0.248 e. The van der Waals surface area contributed by atoms with Crippen molar-refractivity contribution in [3.8, 4) is 17.2 Å². The Bertz CT molecular complexity index is 1260. The van der Waals surface area contributed by atoms with Crippen molar-refractivity contribution in [1.82, 2.24) is 4.98 Å². The van der Waals surface area contributed by atoms with Gasteiger partial charge < -0.3 is 14.5 Å². The van der Waals surface area contributed by atoms with E-state index in [4.69, 9.17) is 9.15 Å². The van der Waals surface area contributed by atoms with Crippen LogP contribution in [0.5, 0.6) is 5.75 Å². The van der Waals surface area contributed by atoms with Crippen LogP contribution in [0.1, 0.15) is 11.1 Å². The molecule has 0 saturated heterocycles. The molecular weight excluding hydrogens is 444 g/mol. The van der Waals surface area contributed by atoms with E-state index >= 15 is 0 Å². The van der Waals surface area contributed by atoms with Crippen LogP contribution in [0, 0.1) is 6.92 Å². The predicted octanol–water partition coefficient (Wildman–Crippen LogP) is 6.23. The van der Waals surface area contributed by atoms with Crippen molar-refractivity contribution in [2.75, 3.05) is 12.4 Å². The highest BCUT2D eigenvalue weighted by Crippen LogP contribution is 2.30. The summed E-state index contributed by atoms with van der Waals surface area (Å²) in [6, 6.07) is 18.9. The van der Waals surface area contributed by atoms with Crippen LogP contribution >= 0.6 is 15.9 Å². The third kappa shape index (κ3) is 4.28. The number of nitrogens with zero attached hydrogens (tertiary/aromatic N) is 1. The molecule has 0 bridgehead atoms. The Morgan fingerprint density at radius 1 is 1.13 bits per heavy atom. The third-order valence-corrected chi connectivity index (χ3v) is 5.18. The average Bonchev–Trinajstić information content (AvgIpc) is 3.15. The molecule has 6 heteroatoms. The lowest BCUT2D eigenvalue weighted by molar-refractivity contribution is -0.111. The van der Waals surface area contributed by atoms with Crippen LogP contribution in [0.3, 0.4) is 0 Å². The molecular formula is C24H19BrN2O3. The zero-order valence-electron chi connectivity index (χ0n) is 16.5. The first-order valence-corrected chi connectivity index (χ1v) is 10.1. The fraction of sp³-hybridized carbons (Fsp3) is 0.0833. The van der Waals surface area contributed by atoms with Crippen molar-refractivity contribution in [2.45, 2.75) is 6.92 Å². The lowest BCUT2D eigenvalue weighted by atomic mass is 10.1. The second-order valence-corrected chi connectivity index (χ2v) is 7.61. The number of benzene rings is 3. The van der Waals surface area contributed by atoms with E-state index in [1.54, 1.807) is 13.2 Å². The van der Waals surface area contributed by atoms with Crippen molar-refractivity contribution in [1.29, 1.82) is 0 Å². The summed E-state index contributed by atoms with van der Waals surface area (Å²) < 4.78 is 11.9. The molecule has 5 nitrogen and oxygen atoms in total. The molecule has 0 spiro atoms. The smallest absolute Gasteiger partial charge is 0.248 e. The molecule has 30 heavy (non-hydrogen) atoms. The fourth-order valence-corrected chi connectivity index (χ4v) is 3.62. The molecule has 3 aromatic carbocycles. The normalized spacial score (nSPS) is 11.2. The van der Waals surface area contributed by atoms with E-state index in [2.05, 4.69) is 26.2 Å². The van der Waals surface area contributed by atoms with Crippen LogP contribution in [-0.2, 0) is 4.79 Å². The third-order valence-electron chi connectivity index (χ3n) is 4.56. The highest BCUT2D eigenvalue weighted by atomic mass is 79.9. The largest absolute Gasteiger partial charge is 0.496 e. The van der Waals surface area contributed by atoms with Gasteiger partial charge in [0, 0.05) is 6.08 Å². The Labute approximate surface area is 182 Å². The number of oxazole rings is 1. The second kappa shape index (κ2) is 8.55. The van der Waals surface area contributed by atoms with Crippen molar-refractivity contribution >= 4 is 44.7 Å². The molecule has 1 N–H and O–H groups in total. The van der Waals surface area contributed by atoms with E-state index in [1.807, 2.05) is 67.6 Å². The minimum Gasteiger partial charge on any atom is -0.496 e. The van der Waals surface area contributed by atoms with Crippen LogP contribution in [0.4, 0.5) is 5.69 Å². The Kier molecular flexibility index (Phi) is 5.68. The molecule has 1 heterocycles. The SMILES string of the molecule is COc1ccc(C=CC(=O)Nc2ccccc2-c2nc3cc(C)ccc3o2)cc1Br. The zero-order valence-corrected chi connectivity index (χ0v) is 18.1. The van der Waals surface area contributed by atoms with Crippen molar-refractivity contribution in [3.05, 3.63) is 82.3 Å². The van der Waals surface area contributed by atoms with Crippen molar-refractivity contribution in [3.63, 3.8) is 0 Å². The number of fused-ring (bicyclic) bond motifs is 1. The Morgan fingerprint density at radius 3 is 2.77 bits per heavy atom. The summed E-state index contributed by atoms with van der Waals surface area (Å²) in [4.78, 5) is 17.1. The van der Waals surface area contributed by atoms with Crippen LogP contribution in [0.2, 0.25) is 0 Å². The van der Waals surface area contributed by atoms with Gasteiger partial charge in [-0.1, -0.05) is 24.3 Å². The number of amides is 1. The van der Waals surface area contributed by atoms with Gasteiger partial charge >= 0.3 is 0 Å². The van der Waals surface area contributed by atoms with E-state index in [0.717, 1.165) is 32.4 Å². The molecule has 4 aromatic rings. The summed E-state index contributed by atoms with van der Waals surface area (Å²) in [7, 11) is 1.61. The molecule has 0 radical (unpaired) electrons. The van der Waals surface area contributed by atoms with Crippen LogP contribution in [-0.4, -0.2) is 18.0 Å². The lowest BCUT2D eigenvalue weighted by Gasteiger charge is -2.07. The van der Waals surface area contributed by atoms with E-state index in [0.29, 0.717) is 17.2 Å². The number of ether oxygens (including phenoxy) is 1. The average molecular weight is 463 g/mol. The first-order valence-electron chi connectivity index (χ1n) is 9.33. The van der Waals surface area contributed by atoms with E-state index in [-0.39, 0.29) is 5.91 Å². The van der Waals surface area contributed by atoms with Gasteiger partial charge in [0.1, 0.15) is 11.3 Å². The van der Waals surface area contributed by atoms with Crippen LogP contribution in [0.25, 0.3) is 28.6 Å². The number of para-hydroxylation sites is 1. The van der Waals surface area contributed by atoms with E-state index in [9.17, 15) is 4.79 Å². The van der Waals surface area contributed by atoms with E-state index in [1.165, 1.54) is 6.08 Å². The first-order chi connectivity index (χ1) is 14.5. The number of nitrogens with one attached hydrogen (secondary N) is 1. The van der Waals surface area contributed by atoms with Crippen LogP contribution in [0.15, 0.2) is 75.6 Å². The summed E-state index contributed by atoms with van der Waals surface area (Å²) in [5.41, 5.74) is 4.84. The zero-order chi connectivity index (χ0) is 21.1. The molecule has 0 unspecified atom stereocenters. The summed E-state index contributed by atoms with van der Waals surface area (Å²) in [6.45, 7) is 2.01. The monoisotopic (exact) mass is 462 g/mol. The van der Waals surface area contributed by atoms with Gasteiger partial charge in [-0.3, -0.25) is 4.79 Å². The molecule has 0 saturated carbocycles. The molecule has 0 aliphatic carbocycles. The summed E-state index contributed by atoms with van der Waals surface area (Å²) in [5, 5.41) is 2.91. The van der Waals surface area contributed by atoms with Gasteiger partial charge in [0.15, 0.2) is 5.58 Å². The van der Waals surface area contributed by atoms with Gasteiger partial charge in [-0.25, -0.2) is 4.98 Å². The van der Waals surface area contributed by atoms with Gasteiger partial charge in [0.2, 0.25) is 11.8 Å². The van der Waals surface area contributed by atoms with Crippen molar-refractivity contribution in [2.24, 2.45) is 0 Å². The van der Waals surface area contributed by atoms with Gasteiger partial charge in [0.25, 0.3) is 0 Å². The molecule has 1 aromatic heterocycles. The molecule has 0 aliphatic heterocycles. The standard InChI is InChI=1S/C24H19BrN2O3/c1-15-7-10-22-20(13-15)27-24(30-22)17-5-3-4-6-19(17)26-23(28)12-9-16-8-11-21(29-2)18(25)14-16/h3-14H,1-2H3,(H,26,28). The predicted molar refractivity (Wildman–Crippen MR) is 123 cm³/mol. The number of aryl methyl sites for hydroxylation is 1. The molecule has 0 fully saturated rings. The fourth-order valence-electron chi connectivity index (χ4n) is 3.06. The molecule has 0 atom stereocenters. The molecule has 150 valence electrons. The van der Waals surface area contributed by atoms with Gasteiger partial charge in [0.05, 0.1) is 22.8 Å². The van der Waals surface area contributed by atoms with Gasteiger partial charge in [-0.05, 0) is 76.5 Å². The van der Waals surface area contributed by atoms with Crippen LogP contribution < -0.4 is 10.1 Å². The highest BCUT2D eigenvalue weighted by molar-refractivity contribution is 9.10. The topological polar surface area (TPSA) is 64.4 Å². The summed E-state index contributed by atoms with van der Waals surface area (Å²) in [5.74, 6) is 0.954. The summed E-state index contributed by atoms with van der Waals surface area (Å²) >= 11 is 3.45. The Morgan fingerprint density at radius 2 is 1.97 bits per heavy atom. The number of rotatable bonds is 5. The lowest BCUT2D eigenvalue weighted by Crippen LogP contribution is -2.08. The van der Waals surface area contributed by atoms with Gasteiger partial charge in [-0.2, -0.15) is 0 Å². The number of hydrogen-bond donors (Lipinski definition) is 1. The Balaban J connectivity index is 1.56. The first kappa shape index (κ1) is 19.9. The molecule has 1 amide bonds. The number of carbonyl (C=O) groups is 1. The summed E-state index contributed by atoms with van der Waals surface area (Å²) in [6.07, 6.45) is 3.23. The van der Waals surface area contributed by atoms with E-state index < -0.39 is 0 Å². The molecule has 0 aliphatic rings.